The van der Waals surface area contributed by atoms with Crippen LogP contribution in [0.5, 0.6) is 0 Å². The van der Waals surface area contributed by atoms with Gasteiger partial charge in [0.1, 0.15) is 0 Å². The van der Waals surface area contributed by atoms with Crippen LogP contribution in [0, 0.1) is 13.8 Å². The Balaban J connectivity index is 2.32. The van der Waals surface area contributed by atoms with Crippen molar-refractivity contribution in [1.82, 2.24) is 10.3 Å². The minimum Gasteiger partial charge on any atom is -0.353 e. The van der Waals surface area contributed by atoms with Crippen molar-refractivity contribution in [2.24, 2.45) is 0 Å². The van der Waals surface area contributed by atoms with Gasteiger partial charge in [-0.1, -0.05) is 25.1 Å². The number of fused-ring (bicyclic) bond motifs is 1. The molecule has 0 aliphatic rings. The van der Waals surface area contributed by atoms with Gasteiger partial charge in [-0.15, -0.1) is 0 Å². The van der Waals surface area contributed by atoms with Crippen LogP contribution < -0.4 is 5.32 Å². The zero-order chi connectivity index (χ0) is 14.7. The lowest BCUT2D eigenvalue weighted by atomic mass is 9.99. The van der Waals surface area contributed by atoms with Crippen molar-refractivity contribution in [3.8, 4) is 0 Å². The van der Waals surface area contributed by atoms with E-state index in [1.807, 2.05) is 32.0 Å². The first kappa shape index (κ1) is 14.5. The summed E-state index contributed by atoms with van der Waals surface area (Å²) in [4.78, 5) is 16.7. The van der Waals surface area contributed by atoms with Crippen LogP contribution in [0.25, 0.3) is 10.9 Å². The Hall–Kier alpha value is -1.90. The molecule has 1 N–H and O–H groups in total. The number of pyridine rings is 1. The van der Waals surface area contributed by atoms with Crippen LogP contribution in [0.1, 0.15) is 37.1 Å². The molecule has 1 unspecified atom stereocenters. The number of carbonyl (C=O) groups excluding carboxylic acids is 1. The van der Waals surface area contributed by atoms with E-state index in [9.17, 15) is 4.79 Å². The lowest BCUT2D eigenvalue weighted by molar-refractivity contribution is -0.121. The molecule has 2 aromatic rings. The fourth-order valence-corrected chi connectivity index (χ4v) is 2.42. The molecule has 1 heterocycles. The molecule has 20 heavy (non-hydrogen) atoms. The number of aryl methyl sites for hydroxylation is 2. The van der Waals surface area contributed by atoms with Gasteiger partial charge in [0.2, 0.25) is 5.91 Å². The molecular formula is C17H22N2O. The monoisotopic (exact) mass is 270 g/mol. The number of para-hydroxylation sites is 1. The number of hydrogen-bond donors (Lipinski definition) is 1. The first-order valence-corrected chi connectivity index (χ1v) is 7.17. The summed E-state index contributed by atoms with van der Waals surface area (Å²) in [5.41, 5.74) is 4.14. The summed E-state index contributed by atoms with van der Waals surface area (Å²) < 4.78 is 0. The first-order valence-electron chi connectivity index (χ1n) is 7.17. The molecule has 0 fully saturated rings. The van der Waals surface area contributed by atoms with Crippen LogP contribution in [0.3, 0.4) is 0 Å². The van der Waals surface area contributed by atoms with E-state index < -0.39 is 0 Å². The average molecular weight is 270 g/mol. The van der Waals surface area contributed by atoms with Crippen molar-refractivity contribution in [2.75, 3.05) is 0 Å². The molecule has 0 bridgehead atoms. The van der Waals surface area contributed by atoms with Gasteiger partial charge in [0.05, 0.1) is 11.9 Å². The van der Waals surface area contributed by atoms with Crippen LogP contribution >= 0.6 is 0 Å². The molecule has 1 amide bonds. The Morgan fingerprint density at radius 1 is 1.30 bits per heavy atom. The molecule has 3 heteroatoms. The predicted molar refractivity (Wildman–Crippen MR) is 82.8 cm³/mol. The summed E-state index contributed by atoms with van der Waals surface area (Å²) in [5.74, 6) is 0.0719. The normalized spacial score (nSPS) is 12.4. The van der Waals surface area contributed by atoms with Gasteiger partial charge in [-0.3, -0.25) is 9.78 Å². The molecule has 1 atom stereocenters. The second kappa shape index (κ2) is 6.04. The van der Waals surface area contributed by atoms with E-state index in [4.69, 9.17) is 0 Å². The number of benzene rings is 1. The van der Waals surface area contributed by atoms with Crippen LogP contribution in [-0.4, -0.2) is 16.9 Å². The Labute approximate surface area is 120 Å². The van der Waals surface area contributed by atoms with Gasteiger partial charge in [0, 0.05) is 17.1 Å². The summed E-state index contributed by atoms with van der Waals surface area (Å²) >= 11 is 0. The van der Waals surface area contributed by atoms with E-state index in [1.165, 1.54) is 0 Å². The summed E-state index contributed by atoms with van der Waals surface area (Å²) in [7, 11) is 0. The van der Waals surface area contributed by atoms with E-state index in [0.717, 1.165) is 34.1 Å². The van der Waals surface area contributed by atoms with E-state index >= 15 is 0 Å². The van der Waals surface area contributed by atoms with Crippen LogP contribution in [0.15, 0.2) is 24.3 Å². The molecule has 1 aromatic carbocycles. The van der Waals surface area contributed by atoms with Gasteiger partial charge < -0.3 is 5.32 Å². The number of carbonyl (C=O) groups is 1. The topological polar surface area (TPSA) is 42.0 Å². The quantitative estimate of drug-likeness (QED) is 0.926. The van der Waals surface area contributed by atoms with Gasteiger partial charge >= 0.3 is 0 Å². The average Bonchev–Trinajstić information content (AvgIpc) is 2.43. The van der Waals surface area contributed by atoms with Crippen molar-refractivity contribution in [3.05, 3.63) is 41.1 Å². The Bertz CT molecular complexity index is 634. The summed E-state index contributed by atoms with van der Waals surface area (Å²) in [6, 6.07) is 8.29. The van der Waals surface area contributed by atoms with Crippen molar-refractivity contribution in [2.45, 2.75) is 46.6 Å². The van der Waals surface area contributed by atoms with Crippen molar-refractivity contribution < 1.29 is 4.79 Å². The Morgan fingerprint density at radius 2 is 2.00 bits per heavy atom. The highest BCUT2D eigenvalue weighted by Gasteiger charge is 2.13. The number of nitrogens with zero attached hydrogens (tertiary/aromatic N) is 1. The smallest absolute Gasteiger partial charge is 0.224 e. The largest absolute Gasteiger partial charge is 0.353 e. The zero-order valence-corrected chi connectivity index (χ0v) is 12.7. The third-order valence-corrected chi connectivity index (χ3v) is 3.84. The number of rotatable bonds is 4. The third kappa shape index (κ3) is 2.98. The Morgan fingerprint density at radius 3 is 2.70 bits per heavy atom. The second-order valence-electron chi connectivity index (χ2n) is 5.37. The molecule has 0 saturated heterocycles. The molecule has 106 valence electrons. The minimum atomic E-state index is 0.0719. The minimum absolute atomic E-state index is 0.0719. The SMILES string of the molecule is CCC(C)NC(=O)Cc1c(C)nc2ccccc2c1C. The molecule has 0 spiro atoms. The molecule has 0 aliphatic heterocycles. The Kier molecular flexibility index (Phi) is 4.38. The molecule has 2 rings (SSSR count). The maximum Gasteiger partial charge on any atom is 0.224 e. The standard InChI is InChI=1S/C17H22N2O/c1-5-11(2)18-17(20)10-15-12(3)14-8-6-7-9-16(14)19-13(15)4/h6-9,11H,5,10H2,1-4H3,(H,18,20). The van der Waals surface area contributed by atoms with Gasteiger partial charge in [-0.05, 0) is 44.4 Å². The molecule has 3 nitrogen and oxygen atoms in total. The molecule has 0 aliphatic carbocycles. The summed E-state index contributed by atoms with van der Waals surface area (Å²) in [6.07, 6.45) is 1.35. The molecular weight excluding hydrogens is 248 g/mol. The van der Waals surface area contributed by atoms with Crippen molar-refractivity contribution in [3.63, 3.8) is 0 Å². The maximum atomic E-state index is 12.1. The third-order valence-electron chi connectivity index (χ3n) is 3.84. The van der Waals surface area contributed by atoms with Gasteiger partial charge in [-0.2, -0.15) is 0 Å². The van der Waals surface area contributed by atoms with Crippen LogP contribution in [-0.2, 0) is 11.2 Å². The maximum absolute atomic E-state index is 12.1. The first-order chi connectivity index (χ1) is 9.52. The van der Waals surface area contributed by atoms with Crippen LogP contribution in [0.4, 0.5) is 0 Å². The van der Waals surface area contributed by atoms with E-state index in [2.05, 4.69) is 30.2 Å². The van der Waals surface area contributed by atoms with Crippen molar-refractivity contribution in [1.29, 1.82) is 0 Å². The highest BCUT2D eigenvalue weighted by atomic mass is 16.1. The van der Waals surface area contributed by atoms with E-state index in [0.29, 0.717) is 6.42 Å². The number of hydrogen-bond acceptors (Lipinski definition) is 2. The fourth-order valence-electron chi connectivity index (χ4n) is 2.42. The molecule has 0 radical (unpaired) electrons. The second-order valence-corrected chi connectivity index (χ2v) is 5.37. The van der Waals surface area contributed by atoms with E-state index in [1.54, 1.807) is 0 Å². The highest BCUT2D eigenvalue weighted by Crippen LogP contribution is 2.22. The lowest BCUT2D eigenvalue weighted by Gasteiger charge is -2.15. The molecule has 1 aromatic heterocycles. The molecule has 0 saturated carbocycles. The van der Waals surface area contributed by atoms with Gasteiger partial charge in [0.25, 0.3) is 0 Å². The van der Waals surface area contributed by atoms with Crippen LogP contribution in [0.2, 0.25) is 0 Å². The van der Waals surface area contributed by atoms with Gasteiger partial charge in [-0.25, -0.2) is 0 Å². The number of aromatic nitrogens is 1. The predicted octanol–water partition coefficient (Wildman–Crippen LogP) is 3.31. The van der Waals surface area contributed by atoms with Crippen molar-refractivity contribution >= 4 is 16.8 Å². The number of nitrogens with one attached hydrogen (secondary N) is 1. The highest BCUT2D eigenvalue weighted by molar-refractivity contribution is 5.86. The summed E-state index contributed by atoms with van der Waals surface area (Å²) in [6.45, 7) is 8.14. The lowest BCUT2D eigenvalue weighted by Crippen LogP contribution is -2.33. The van der Waals surface area contributed by atoms with Gasteiger partial charge in [0.15, 0.2) is 0 Å². The number of amides is 1. The fraction of sp³-hybridized carbons (Fsp3) is 0.412. The summed E-state index contributed by atoms with van der Waals surface area (Å²) in [5, 5.41) is 4.14. The van der Waals surface area contributed by atoms with E-state index in [-0.39, 0.29) is 11.9 Å². The zero-order valence-electron chi connectivity index (χ0n) is 12.7.